The minimum absolute atomic E-state index is 0.146. The summed E-state index contributed by atoms with van der Waals surface area (Å²) in [6, 6.07) is 4.20. The second-order valence-corrected chi connectivity index (χ2v) is 5.88. The van der Waals surface area contributed by atoms with Crippen LogP contribution in [0.25, 0.3) is 0 Å². The summed E-state index contributed by atoms with van der Waals surface area (Å²) in [6.07, 6.45) is 0. The van der Waals surface area contributed by atoms with E-state index in [9.17, 15) is 5.11 Å². The smallest absolute Gasteiger partial charge is 0.167 e. The molecule has 1 aromatic rings. The Labute approximate surface area is 99.4 Å². The molecule has 88 valence electrons. The molecule has 0 fully saturated rings. The van der Waals surface area contributed by atoms with E-state index in [1.165, 1.54) is 5.46 Å². The first-order chi connectivity index (χ1) is 7.12. The van der Waals surface area contributed by atoms with Crippen LogP contribution in [-0.4, -0.2) is 23.0 Å². The van der Waals surface area contributed by atoms with E-state index in [1.807, 2.05) is 27.7 Å². The highest BCUT2D eigenvalue weighted by Crippen LogP contribution is 2.36. The molecular formula is C13H22BNO. The largest absolute Gasteiger partial charge is 0.391 e. The lowest BCUT2D eigenvalue weighted by Crippen LogP contribution is -2.42. The Morgan fingerprint density at radius 2 is 1.50 bits per heavy atom. The standard InChI is InChI=1S/C13H22BNO/c1-9-7-11(8-10(2)15-9)14-12(3,4)13(5,6)16/h7-8,14,16H,1-6H3. The normalized spacial score (nSPS) is 12.7. The molecule has 0 amide bonds. The van der Waals surface area contributed by atoms with Gasteiger partial charge in [-0.2, -0.15) is 0 Å². The van der Waals surface area contributed by atoms with Crippen LogP contribution in [0.3, 0.4) is 0 Å². The molecule has 0 aliphatic heterocycles. The molecule has 16 heavy (non-hydrogen) atoms. The van der Waals surface area contributed by atoms with Crippen molar-refractivity contribution >= 4 is 12.7 Å². The molecule has 0 aliphatic carbocycles. The molecule has 2 nitrogen and oxygen atoms in total. The molecular weight excluding hydrogens is 197 g/mol. The summed E-state index contributed by atoms with van der Waals surface area (Å²) in [6.45, 7) is 11.9. The highest BCUT2D eigenvalue weighted by Gasteiger charge is 2.35. The van der Waals surface area contributed by atoms with Gasteiger partial charge < -0.3 is 5.11 Å². The fourth-order valence-corrected chi connectivity index (χ4v) is 1.75. The maximum Gasteiger partial charge on any atom is 0.167 e. The molecule has 0 spiro atoms. The third-order valence-corrected chi connectivity index (χ3v) is 3.44. The second-order valence-electron chi connectivity index (χ2n) is 5.88. The number of aromatic nitrogens is 1. The van der Waals surface area contributed by atoms with Gasteiger partial charge in [0.15, 0.2) is 7.28 Å². The third kappa shape index (κ3) is 3.08. The van der Waals surface area contributed by atoms with Crippen molar-refractivity contribution in [3.05, 3.63) is 23.5 Å². The summed E-state index contributed by atoms with van der Waals surface area (Å²) in [5.41, 5.74) is 2.65. The van der Waals surface area contributed by atoms with Crippen LogP contribution >= 0.6 is 0 Å². The number of aliphatic hydroxyl groups is 1. The predicted molar refractivity (Wildman–Crippen MR) is 70.8 cm³/mol. The van der Waals surface area contributed by atoms with E-state index >= 15 is 0 Å². The maximum absolute atomic E-state index is 10.1. The summed E-state index contributed by atoms with van der Waals surface area (Å²) in [4.78, 5) is 4.36. The van der Waals surface area contributed by atoms with E-state index in [2.05, 4.69) is 31.0 Å². The zero-order chi connectivity index (χ0) is 12.6. The van der Waals surface area contributed by atoms with Crippen LogP contribution in [0.4, 0.5) is 0 Å². The molecule has 0 unspecified atom stereocenters. The summed E-state index contributed by atoms with van der Waals surface area (Å²) in [5.74, 6) is 0. The molecule has 0 radical (unpaired) electrons. The van der Waals surface area contributed by atoms with Gasteiger partial charge in [-0.3, -0.25) is 4.98 Å². The van der Waals surface area contributed by atoms with Gasteiger partial charge in [-0.05, 0) is 45.1 Å². The van der Waals surface area contributed by atoms with Crippen LogP contribution in [0.5, 0.6) is 0 Å². The van der Waals surface area contributed by atoms with Gasteiger partial charge in [-0.25, -0.2) is 0 Å². The van der Waals surface area contributed by atoms with Gasteiger partial charge in [-0.1, -0.05) is 19.3 Å². The summed E-state index contributed by atoms with van der Waals surface area (Å²) in [5, 5.41) is 9.98. The lowest BCUT2D eigenvalue weighted by molar-refractivity contribution is 0.0410. The summed E-state index contributed by atoms with van der Waals surface area (Å²) in [7, 11) is 0.862. The van der Waals surface area contributed by atoms with Gasteiger partial charge in [-0.15, -0.1) is 0 Å². The van der Waals surface area contributed by atoms with E-state index in [-0.39, 0.29) is 5.31 Å². The SMILES string of the molecule is Cc1cc(BC(C)(C)C(C)(C)O)cc(C)n1. The number of pyridine rings is 1. The highest BCUT2D eigenvalue weighted by atomic mass is 16.3. The van der Waals surface area contributed by atoms with Crippen molar-refractivity contribution in [3.63, 3.8) is 0 Å². The number of nitrogens with zero attached hydrogens (tertiary/aromatic N) is 1. The van der Waals surface area contributed by atoms with E-state index in [1.54, 1.807) is 0 Å². The van der Waals surface area contributed by atoms with E-state index in [0.29, 0.717) is 0 Å². The Hall–Kier alpha value is -0.825. The monoisotopic (exact) mass is 219 g/mol. The van der Waals surface area contributed by atoms with E-state index in [4.69, 9.17) is 0 Å². The molecule has 0 saturated carbocycles. The summed E-state index contributed by atoms with van der Waals surface area (Å²) < 4.78 is 0. The Morgan fingerprint density at radius 3 is 1.88 bits per heavy atom. The first kappa shape index (κ1) is 13.2. The zero-order valence-electron chi connectivity index (χ0n) is 11.3. The van der Waals surface area contributed by atoms with Gasteiger partial charge in [0.2, 0.25) is 0 Å². The fourth-order valence-electron chi connectivity index (χ4n) is 1.75. The van der Waals surface area contributed by atoms with Gasteiger partial charge in [0.05, 0.1) is 5.60 Å². The summed E-state index contributed by atoms with van der Waals surface area (Å²) >= 11 is 0. The molecule has 0 bridgehead atoms. The van der Waals surface area contributed by atoms with Gasteiger partial charge in [0, 0.05) is 11.4 Å². The minimum atomic E-state index is -0.682. The Morgan fingerprint density at radius 1 is 1.06 bits per heavy atom. The maximum atomic E-state index is 10.1. The van der Waals surface area contributed by atoms with Crippen molar-refractivity contribution in [1.82, 2.24) is 4.98 Å². The number of hydrogen-bond acceptors (Lipinski definition) is 2. The lowest BCUT2D eigenvalue weighted by atomic mass is 9.45. The molecule has 0 aliphatic rings. The number of hydrogen-bond donors (Lipinski definition) is 1. The Balaban J connectivity index is 2.96. The van der Waals surface area contributed by atoms with Crippen LogP contribution in [0.15, 0.2) is 12.1 Å². The first-order valence-corrected chi connectivity index (χ1v) is 5.78. The molecule has 1 N–H and O–H groups in total. The van der Waals surface area contributed by atoms with E-state index < -0.39 is 5.60 Å². The molecule has 1 aromatic heterocycles. The molecule has 1 rings (SSSR count). The molecule has 3 heteroatoms. The van der Waals surface area contributed by atoms with Gasteiger partial charge >= 0.3 is 0 Å². The Bertz CT molecular complexity index is 360. The van der Waals surface area contributed by atoms with Crippen molar-refractivity contribution in [2.75, 3.05) is 0 Å². The van der Waals surface area contributed by atoms with Gasteiger partial charge in [0.25, 0.3) is 0 Å². The van der Waals surface area contributed by atoms with Gasteiger partial charge in [0.1, 0.15) is 0 Å². The molecule has 0 atom stereocenters. The quantitative estimate of drug-likeness (QED) is 0.785. The number of aryl methyl sites for hydroxylation is 2. The highest BCUT2D eigenvalue weighted by molar-refractivity contribution is 6.57. The zero-order valence-corrected chi connectivity index (χ0v) is 11.3. The predicted octanol–water partition coefficient (Wildman–Crippen LogP) is 1.73. The third-order valence-electron chi connectivity index (χ3n) is 3.44. The number of rotatable bonds is 3. The van der Waals surface area contributed by atoms with Crippen molar-refractivity contribution in [2.45, 2.75) is 52.5 Å². The van der Waals surface area contributed by atoms with Crippen molar-refractivity contribution in [3.8, 4) is 0 Å². The van der Waals surface area contributed by atoms with Crippen LogP contribution in [0, 0.1) is 13.8 Å². The van der Waals surface area contributed by atoms with Crippen LogP contribution in [0.1, 0.15) is 39.1 Å². The van der Waals surface area contributed by atoms with Crippen LogP contribution in [-0.2, 0) is 0 Å². The first-order valence-electron chi connectivity index (χ1n) is 5.78. The van der Waals surface area contributed by atoms with Crippen molar-refractivity contribution in [2.24, 2.45) is 0 Å². The Kier molecular flexibility index (Phi) is 3.48. The average Bonchev–Trinajstić information content (AvgIpc) is 1.97. The van der Waals surface area contributed by atoms with Crippen LogP contribution in [0.2, 0.25) is 5.31 Å². The average molecular weight is 219 g/mol. The fraction of sp³-hybridized carbons (Fsp3) is 0.615. The minimum Gasteiger partial charge on any atom is -0.391 e. The topological polar surface area (TPSA) is 33.1 Å². The molecule has 1 heterocycles. The molecule has 0 aromatic carbocycles. The molecule has 0 saturated heterocycles. The van der Waals surface area contributed by atoms with Crippen molar-refractivity contribution in [1.29, 1.82) is 0 Å². The lowest BCUT2D eigenvalue weighted by Gasteiger charge is -2.37. The van der Waals surface area contributed by atoms with E-state index in [0.717, 1.165) is 18.7 Å². The second kappa shape index (κ2) is 4.21. The van der Waals surface area contributed by atoms with Crippen molar-refractivity contribution < 1.29 is 5.11 Å². The van der Waals surface area contributed by atoms with Crippen LogP contribution < -0.4 is 5.46 Å².